The summed E-state index contributed by atoms with van der Waals surface area (Å²) >= 11 is 0. The first-order chi connectivity index (χ1) is 13.6. The van der Waals surface area contributed by atoms with E-state index in [9.17, 15) is 4.79 Å². The zero-order valence-corrected chi connectivity index (χ0v) is 15.9. The van der Waals surface area contributed by atoms with Gasteiger partial charge >= 0.3 is 0 Å². The fraction of sp³-hybridized carbons (Fsp3) is 0.286. The molecule has 1 fully saturated rings. The fourth-order valence-electron chi connectivity index (χ4n) is 3.22. The minimum atomic E-state index is -0.353. The number of hydrogen-bond acceptors (Lipinski definition) is 6. The number of ether oxygens (including phenoxy) is 1. The molecule has 7 heteroatoms. The highest BCUT2D eigenvalue weighted by molar-refractivity contribution is 6.04. The number of amides is 1. The summed E-state index contributed by atoms with van der Waals surface area (Å²) in [4.78, 5) is 19.3. The van der Waals surface area contributed by atoms with Crippen molar-refractivity contribution >= 4 is 29.2 Å². The number of hydrogen-bond donors (Lipinski definition) is 3. The van der Waals surface area contributed by atoms with Gasteiger partial charge in [-0.1, -0.05) is 6.07 Å². The third-order valence-electron chi connectivity index (χ3n) is 4.69. The maximum absolute atomic E-state index is 12.7. The Morgan fingerprint density at radius 3 is 2.68 bits per heavy atom. The van der Waals surface area contributed by atoms with Gasteiger partial charge in [-0.2, -0.15) is 0 Å². The van der Waals surface area contributed by atoms with Crippen molar-refractivity contribution in [2.24, 2.45) is 5.73 Å². The van der Waals surface area contributed by atoms with Gasteiger partial charge in [-0.15, -0.1) is 0 Å². The fourth-order valence-corrected chi connectivity index (χ4v) is 3.22. The third kappa shape index (κ3) is 4.49. The Morgan fingerprint density at radius 1 is 1.21 bits per heavy atom. The number of benzene rings is 1. The molecule has 7 nitrogen and oxygen atoms in total. The van der Waals surface area contributed by atoms with Crippen LogP contribution in [0.1, 0.15) is 35.4 Å². The SMILES string of the molecule is COc1cc(N2CCCCC2)ccc1NC(=O)c1cccc(C(N)=CC=N)n1. The van der Waals surface area contributed by atoms with E-state index in [2.05, 4.69) is 15.2 Å². The summed E-state index contributed by atoms with van der Waals surface area (Å²) in [5.74, 6) is 0.254. The van der Waals surface area contributed by atoms with Crippen LogP contribution in [0.3, 0.4) is 0 Å². The number of carbonyl (C=O) groups is 1. The molecule has 1 saturated heterocycles. The number of rotatable bonds is 6. The first-order valence-electron chi connectivity index (χ1n) is 9.30. The Labute approximate surface area is 164 Å². The van der Waals surface area contributed by atoms with Crippen molar-refractivity contribution in [1.29, 1.82) is 5.41 Å². The molecule has 0 unspecified atom stereocenters. The molecule has 0 bridgehead atoms. The second-order valence-electron chi connectivity index (χ2n) is 6.58. The quantitative estimate of drug-likeness (QED) is 0.668. The van der Waals surface area contributed by atoms with Gasteiger partial charge in [-0.05, 0) is 49.6 Å². The van der Waals surface area contributed by atoms with E-state index in [-0.39, 0.29) is 11.6 Å². The number of piperidine rings is 1. The van der Waals surface area contributed by atoms with Crippen LogP contribution in [0.4, 0.5) is 11.4 Å². The van der Waals surface area contributed by atoms with Crippen molar-refractivity contribution in [2.75, 3.05) is 30.4 Å². The molecule has 1 aromatic heterocycles. The first kappa shape index (κ1) is 19.4. The topological polar surface area (TPSA) is 104 Å². The highest BCUT2D eigenvalue weighted by Gasteiger charge is 2.16. The molecule has 0 aliphatic carbocycles. The Kier molecular flexibility index (Phi) is 6.26. The second-order valence-corrected chi connectivity index (χ2v) is 6.58. The maximum Gasteiger partial charge on any atom is 0.274 e. The third-order valence-corrected chi connectivity index (χ3v) is 4.69. The molecule has 2 aromatic rings. The molecule has 4 N–H and O–H groups in total. The minimum absolute atomic E-state index is 0.237. The molecule has 0 atom stereocenters. The summed E-state index contributed by atoms with van der Waals surface area (Å²) in [6, 6.07) is 10.8. The van der Waals surface area contributed by atoms with E-state index in [0.29, 0.717) is 22.8 Å². The lowest BCUT2D eigenvalue weighted by molar-refractivity contribution is 0.102. The average Bonchev–Trinajstić information content (AvgIpc) is 2.75. The van der Waals surface area contributed by atoms with Gasteiger partial charge in [0.2, 0.25) is 0 Å². The predicted molar refractivity (Wildman–Crippen MR) is 112 cm³/mol. The number of aromatic nitrogens is 1. The summed E-state index contributed by atoms with van der Waals surface area (Å²) in [7, 11) is 1.59. The number of methoxy groups -OCH3 is 1. The van der Waals surface area contributed by atoms with Crippen LogP contribution in [-0.2, 0) is 0 Å². The van der Waals surface area contributed by atoms with Crippen LogP contribution in [0.15, 0.2) is 42.5 Å². The molecule has 1 aliphatic rings. The normalized spacial score (nSPS) is 14.5. The summed E-state index contributed by atoms with van der Waals surface area (Å²) in [6.07, 6.45) is 6.16. The van der Waals surface area contributed by atoms with E-state index in [0.717, 1.165) is 25.0 Å². The Balaban J connectivity index is 1.79. The van der Waals surface area contributed by atoms with Crippen molar-refractivity contribution in [3.63, 3.8) is 0 Å². The first-order valence-corrected chi connectivity index (χ1v) is 9.30. The minimum Gasteiger partial charge on any atom is -0.494 e. The average molecular weight is 379 g/mol. The van der Waals surface area contributed by atoms with Crippen molar-refractivity contribution in [3.05, 3.63) is 53.9 Å². The van der Waals surface area contributed by atoms with E-state index in [1.54, 1.807) is 25.3 Å². The van der Waals surface area contributed by atoms with Gasteiger partial charge in [0.25, 0.3) is 5.91 Å². The van der Waals surface area contributed by atoms with Gasteiger partial charge in [0.1, 0.15) is 11.4 Å². The van der Waals surface area contributed by atoms with Crippen LogP contribution < -0.4 is 20.7 Å². The summed E-state index contributed by atoms with van der Waals surface area (Å²) in [6.45, 7) is 2.08. The monoisotopic (exact) mass is 379 g/mol. The van der Waals surface area contributed by atoms with Crippen molar-refractivity contribution in [1.82, 2.24) is 4.98 Å². The molecule has 1 amide bonds. The Hall–Kier alpha value is -3.35. The summed E-state index contributed by atoms with van der Waals surface area (Å²) in [5.41, 5.74) is 8.55. The number of nitrogens with one attached hydrogen (secondary N) is 2. The lowest BCUT2D eigenvalue weighted by atomic mass is 10.1. The summed E-state index contributed by atoms with van der Waals surface area (Å²) in [5, 5.41) is 9.96. The number of anilines is 2. The van der Waals surface area contributed by atoms with Gasteiger partial charge in [-0.3, -0.25) is 4.79 Å². The largest absolute Gasteiger partial charge is 0.494 e. The highest BCUT2D eigenvalue weighted by Crippen LogP contribution is 2.31. The molecule has 3 rings (SSSR count). The van der Waals surface area contributed by atoms with Gasteiger partial charge in [0, 0.05) is 31.1 Å². The van der Waals surface area contributed by atoms with E-state index >= 15 is 0 Å². The zero-order chi connectivity index (χ0) is 19.9. The summed E-state index contributed by atoms with van der Waals surface area (Å²) < 4.78 is 5.49. The van der Waals surface area contributed by atoms with Gasteiger partial charge in [0.05, 0.1) is 24.2 Å². The van der Waals surface area contributed by atoms with Crippen molar-refractivity contribution in [2.45, 2.75) is 19.3 Å². The van der Waals surface area contributed by atoms with Gasteiger partial charge in [-0.25, -0.2) is 4.98 Å². The zero-order valence-electron chi connectivity index (χ0n) is 15.9. The van der Waals surface area contributed by atoms with E-state index < -0.39 is 0 Å². The van der Waals surface area contributed by atoms with Crippen LogP contribution in [0.2, 0.25) is 0 Å². The highest BCUT2D eigenvalue weighted by atomic mass is 16.5. The van der Waals surface area contributed by atoms with Gasteiger partial charge < -0.3 is 26.1 Å². The molecular weight excluding hydrogens is 354 g/mol. The van der Waals surface area contributed by atoms with E-state index in [4.69, 9.17) is 15.9 Å². The molecule has 2 heterocycles. The van der Waals surface area contributed by atoms with Crippen LogP contribution in [0.25, 0.3) is 5.70 Å². The standard InChI is InChI=1S/C21H25N5O2/c1-28-20-14-15(26-12-3-2-4-13-26)8-9-18(20)25-21(27)19-7-5-6-17(24-19)16(23)10-11-22/h5-11,14,22H,2-4,12-13,23H2,1H3,(H,25,27). The molecule has 0 radical (unpaired) electrons. The van der Waals surface area contributed by atoms with Gasteiger partial charge in [0.15, 0.2) is 0 Å². The van der Waals surface area contributed by atoms with Crippen LogP contribution in [0, 0.1) is 5.41 Å². The molecule has 146 valence electrons. The lowest BCUT2D eigenvalue weighted by Crippen LogP contribution is -2.29. The Bertz CT molecular complexity index is 888. The predicted octanol–water partition coefficient (Wildman–Crippen LogP) is 3.28. The van der Waals surface area contributed by atoms with Crippen LogP contribution in [0.5, 0.6) is 5.75 Å². The molecular formula is C21H25N5O2. The number of nitrogens with two attached hydrogens (primary N) is 1. The van der Waals surface area contributed by atoms with E-state index in [1.807, 2.05) is 18.2 Å². The van der Waals surface area contributed by atoms with Crippen LogP contribution in [-0.4, -0.2) is 37.3 Å². The van der Waals surface area contributed by atoms with E-state index in [1.165, 1.54) is 25.3 Å². The number of pyridine rings is 1. The number of nitrogens with zero attached hydrogens (tertiary/aromatic N) is 2. The number of allylic oxidation sites excluding steroid dienone is 1. The molecule has 1 aliphatic heterocycles. The maximum atomic E-state index is 12.7. The smallest absolute Gasteiger partial charge is 0.274 e. The van der Waals surface area contributed by atoms with Crippen molar-refractivity contribution < 1.29 is 9.53 Å². The molecule has 1 aromatic carbocycles. The van der Waals surface area contributed by atoms with Crippen molar-refractivity contribution in [3.8, 4) is 5.75 Å². The lowest BCUT2D eigenvalue weighted by Gasteiger charge is -2.29. The molecule has 28 heavy (non-hydrogen) atoms. The molecule has 0 spiro atoms. The second kappa shape index (κ2) is 9.03. The number of carbonyl (C=O) groups excluding carboxylic acids is 1. The Morgan fingerprint density at radius 2 is 1.96 bits per heavy atom. The molecule has 0 saturated carbocycles. The van der Waals surface area contributed by atoms with Crippen LogP contribution >= 0.6 is 0 Å².